The molecule has 1 aliphatic heterocycles. The van der Waals surface area contributed by atoms with Crippen LogP contribution in [-0.2, 0) is 11.3 Å². The zero-order valence-corrected chi connectivity index (χ0v) is 11.1. The second kappa shape index (κ2) is 5.24. The van der Waals surface area contributed by atoms with Gasteiger partial charge in [-0.1, -0.05) is 18.2 Å². The molecule has 2 aromatic rings. The highest BCUT2D eigenvalue weighted by atomic mass is 16.3. The van der Waals surface area contributed by atoms with Gasteiger partial charge in [-0.15, -0.1) is 0 Å². The van der Waals surface area contributed by atoms with Crippen molar-refractivity contribution in [3.05, 3.63) is 53.9 Å². The molecule has 0 bridgehead atoms. The predicted molar refractivity (Wildman–Crippen MR) is 75.7 cm³/mol. The van der Waals surface area contributed by atoms with E-state index in [-0.39, 0.29) is 23.8 Å². The monoisotopic (exact) mass is 283 g/mol. The van der Waals surface area contributed by atoms with Gasteiger partial charge in [-0.3, -0.25) is 14.6 Å². The predicted octanol–water partition coefficient (Wildman–Crippen LogP) is 1.38. The number of anilines is 1. The Bertz CT molecular complexity index is 715. The number of carbonyl (C=O) groups excluding carboxylic acids is 2. The molecule has 106 valence electrons. The average Bonchev–Trinajstić information content (AvgIpc) is 2.65. The molecule has 0 spiro atoms. The first-order valence-electron chi connectivity index (χ1n) is 6.45. The van der Waals surface area contributed by atoms with Crippen LogP contribution in [0, 0.1) is 0 Å². The number of pyridine rings is 1. The normalized spacial score (nSPS) is 14.1. The number of para-hydroxylation sites is 1. The highest BCUT2D eigenvalue weighted by Gasteiger charge is 2.25. The van der Waals surface area contributed by atoms with E-state index in [4.69, 9.17) is 0 Å². The molecule has 2 heterocycles. The van der Waals surface area contributed by atoms with E-state index in [1.54, 1.807) is 6.07 Å². The number of fused-ring (bicyclic) bond motifs is 1. The summed E-state index contributed by atoms with van der Waals surface area (Å²) >= 11 is 0. The standard InChI is InChI=1S/C15H13N3O3/c19-13-7-16-6-5-11(13)15(21)18-8-10-3-1-2-4-12(10)17-14(20)9-18/h1-7,19H,8-9H2,(H,17,20). The van der Waals surface area contributed by atoms with Crippen LogP contribution < -0.4 is 5.32 Å². The van der Waals surface area contributed by atoms with Crippen molar-refractivity contribution in [3.8, 4) is 5.75 Å². The molecule has 0 radical (unpaired) electrons. The molecular weight excluding hydrogens is 270 g/mol. The van der Waals surface area contributed by atoms with E-state index in [9.17, 15) is 14.7 Å². The van der Waals surface area contributed by atoms with Crippen LogP contribution in [0.1, 0.15) is 15.9 Å². The maximum Gasteiger partial charge on any atom is 0.258 e. The number of nitrogens with zero attached hydrogens (tertiary/aromatic N) is 2. The Morgan fingerprint density at radius 2 is 2.05 bits per heavy atom. The van der Waals surface area contributed by atoms with Crippen LogP contribution in [0.4, 0.5) is 5.69 Å². The summed E-state index contributed by atoms with van der Waals surface area (Å²) in [6.07, 6.45) is 2.64. The fourth-order valence-corrected chi connectivity index (χ4v) is 2.29. The fourth-order valence-electron chi connectivity index (χ4n) is 2.29. The van der Waals surface area contributed by atoms with Crippen LogP contribution in [0.25, 0.3) is 0 Å². The highest BCUT2D eigenvalue weighted by molar-refractivity contribution is 6.01. The third kappa shape index (κ3) is 2.55. The van der Waals surface area contributed by atoms with E-state index in [1.807, 2.05) is 18.2 Å². The molecule has 2 N–H and O–H groups in total. The van der Waals surface area contributed by atoms with Gasteiger partial charge < -0.3 is 15.3 Å². The van der Waals surface area contributed by atoms with Crippen molar-refractivity contribution in [3.63, 3.8) is 0 Å². The number of hydrogen-bond donors (Lipinski definition) is 2. The number of benzene rings is 1. The van der Waals surface area contributed by atoms with Crippen LogP contribution in [-0.4, -0.2) is 33.3 Å². The number of aromatic nitrogens is 1. The first kappa shape index (κ1) is 13.1. The smallest absolute Gasteiger partial charge is 0.258 e. The SMILES string of the molecule is O=C1CN(C(=O)c2ccncc2O)Cc2ccccc2N1. The van der Waals surface area contributed by atoms with Gasteiger partial charge in [0.2, 0.25) is 5.91 Å². The first-order chi connectivity index (χ1) is 10.1. The Balaban J connectivity index is 1.94. The van der Waals surface area contributed by atoms with Crippen LogP contribution in [0.5, 0.6) is 5.75 Å². The quantitative estimate of drug-likeness (QED) is 0.828. The Kier molecular flexibility index (Phi) is 3.27. The zero-order valence-electron chi connectivity index (χ0n) is 11.1. The van der Waals surface area contributed by atoms with E-state index in [0.29, 0.717) is 12.2 Å². The molecule has 0 unspecified atom stereocenters. The Hall–Kier alpha value is -2.89. The summed E-state index contributed by atoms with van der Waals surface area (Å²) in [4.78, 5) is 29.5. The van der Waals surface area contributed by atoms with Gasteiger partial charge >= 0.3 is 0 Å². The van der Waals surface area contributed by atoms with Gasteiger partial charge in [-0.05, 0) is 17.7 Å². The van der Waals surface area contributed by atoms with Crippen molar-refractivity contribution >= 4 is 17.5 Å². The molecule has 0 saturated heterocycles. The summed E-state index contributed by atoms with van der Waals surface area (Å²) in [6.45, 7) is 0.241. The molecule has 3 rings (SSSR count). The summed E-state index contributed by atoms with van der Waals surface area (Å²) in [7, 11) is 0. The van der Waals surface area contributed by atoms with Gasteiger partial charge in [0.15, 0.2) is 0 Å². The molecule has 0 atom stereocenters. The minimum Gasteiger partial charge on any atom is -0.505 e. The Morgan fingerprint density at radius 1 is 1.24 bits per heavy atom. The minimum atomic E-state index is -0.401. The maximum absolute atomic E-state index is 12.5. The lowest BCUT2D eigenvalue weighted by Crippen LogP contribution is -2.35. The van der Waals surface area contributed by atoms with Crippen LogP contribution >= 0.6 is 0 Å². The number of aromatic hydroxyl groups is 1. The number of hydrogen-bond acceptors (Lipinski definition) is 4. The fraction of sp³-hybridized carbons (Fsp3) is 0.133. The molecule has 6 heteroatoms. The van der Waals surface area contributed by atoms with Gasteiger partial charge in [-0.25, -0.2) is 0 Å². The second-order valence-corrected chi connectivity index (χ2v) is 4.76. The van der Waals surface area contributed by atoms with Gasteiger partial charge in [0.1, 0.15) is 12.3 Å². The molecule has 0 saturated carbocycles. The summed E-state index contributed by atoms with van der Waals surface area (Å²) in [5, 5.41) is 12.5. The Morgan fingerprint density at radius 3 is 2.86 bits per heavy atom. The van der Waals surface area contributed by atoms with E-state index in [2.05, 4.69) is 10.3 Å². The molecular formula is C15H13N3O3. The summed E-state index contributed by atoms with van der Waals surface area (Å²) in [5.74, 6) is -0.857. The zero-order chi connectivity index (χ0) is 14.8. The highest BCUT2D eigenvalue weighted by Crippen LogP contribution is 2.23. The molecule has 0 aliphatic carbocycles. The Labute approximate surface area is 121 Å². The van der Waals surface area contributed by atoms with E-state index < -0.39 is 5.91 Å². The third-order valence-corrected chi connectivity index (χ3v) is 3.30. The van der Waals surface area contributed by atoms with Gasteiger partial charge in [0.25, 0.3) is 5.91 Å². The molecule has 1 aromatic heterocycles. The lowest BCUT2D eigenvalue weighted by atomic mass is 10.1. The number of rotatable bonds is 1. The lowest BCUT2D eigenvalue weighted by Gasteiger charge is -2.19. The van der Waals surface area contributed by atoms with Crippen molar-refractivity contribution in [2.75, 3.05) is 11.9 Å². The first-order valence-corrected chi connectivity index (χ1v) is 6.45. The molecule has 21 heavy (non-hydrogen) atoms. The largest absolute Gasteiger partial charge is 0.505 e. The van der Waals surface area contributed by atoms with Crippen molar-refractivity contribution in [2.24, 2.45) is 0 Å². The maximum atomic E-state index is 12.5. The van der Waals surface area contributed by atoms with Crippen LogP contribution in [0.2, 0.25) is 0 Å². The number of carbonyl (C=O) groups is 2. The van der Waals surface area contributed by atoms with Gasteiger partial charge in [0, 0.05) is 18.4 Å². The topological polar surface area (TPSA) is 82.5 Å². The van der Waals surface area contributed by atoms with Crippen LogP contribution in [0.3, 0.4) is 0 Å². The van der Waals surface area contributed by atoms with E-state index >= 15 is 0 Å². The average molecular weight is 283 g/mol. The van der Waals surface area contributed by atoms with Crippen molar-refractivity contribution in [1.82, 2.24) is 9.88 Å². The number of nitrogens with one attached hydrogen (secondary N) is 1. The molecule has 2 amide bonds. The summed E-state index contributed by atoms with van der Waals surface area (Å²) in [5.41, 5.74) is 1.69. The van der Waals surface area contributed by atoms with Crippen molar-refractivity contribution in [2.45, 2.75) is 6.54 Å². The van der Waals surface area contributed by atoms with Crippen molar-refractivity contribution in [1.29, 1.82) is 0 Å². The van der Waals surface area contributed by atoms with E-state index in [1.165, 1.54) is 23.4 Å². The second-order valence-electron chi connectivity index (χ2n) is 4.76. The van der Waals surface area contributed by atoms with Crippen molar-refractivity contribution < 1.29 is 14.7 Å². The minimum absolute atomic E-state index is 0.0602. The summed E-state index contributed by atoms with van der Waals surface area (Å²) < 4.78 is 0. The number of amides is 2. The lowest BCUT2D eigenvalue weighted by molar-refractivity contribution is -0.116. The summed E-state index contributed by atoms with van der Waals surface area (Å²) in [6, 6.07) is 8.76. The molecule has 1 aromatic carbocycles. The molecule has 0 fully saturated rings. The van der Waals surface area contributed by atoms with Crippen LogP contribution in [0.15, 0.2) is 42.7 Å². The van der Waals surface area contributed by atoms with Gasteiger partial charge in [-0.2, -0.15) is 0 Å². The molecule has 1 aliphatic rings. The van der Waals surface area contributed by atoms with E-state index in [0.717, 1.165) is 5.56 Å². The third-order valence-electron chi connectivity index (χ3n) is 3.30. The molecule has 6 nitrogen and oxygen atoms in total. The van der Waals surface area contributed by atoms with Gasteiger partial charge in [0.05, 0.1) is 11.8 Å².